The van der Waals surface area contributed by atoms with Crippen molar-refractivity contribution >= 4 is 0 Å². The van der Waals surface area contributed by atoms with Crippen molar-refractivity contribution in [3.63, 3.8) is 0 Å². The Kier molecular flexibility index (Phi) is 3.36. The van der Waals surface area contributed by atoms with Crippen molar-refractivity contribution < 1.29 is 4.42 Å². The van der Waals surface area contributed by atoms with Crippen LogP contribution in [0.2, 0.25) is 0 Å². The Balaban J connectivity index is 1.97. The molecular weight excluding hydrogens is 204 g/mol. The van der Waals surface area contributed by atoms with Crippen LogP contribution in [0.25, 0.3) is 0 Å². The Bertz CT molecular complexity index is 446. The molecule has 0 spiro atoms. The second kappa shape index (κ2) is 4.94. The van der Waals surface area contributed by atoms with Gasteiger partial charge >= 0.3 is 0 Å². The van der Waals surface area contributed by atoms with E-state index in [1.807, 2.05) is 25.3 Å². The quantitative estimate of drug-likeness (QED) is 0.819. The Morgan fingerprint density at radius 1 is 1.44 bits per heavy atom. The Hall–Kier alpha value is -1.62. The number of aromatic nitrogens is 3. The fraction of sp³-hybridized carbons (Fsp3) is 0.455. The van der Waals surface area contributed by atoms with E-state index in [4.69, 9.17) is 10.2 Å². The predicted octanol–water partition coefficient (Wildman–Crippen LogP) is 1.12. The summed E-state index contributed by atoms with van der Waals surface area (Å²) < 4.78 is 7.25. The van der Waals surface area contributed by atoms with Gasteiger partial charge in [0.15, 0.2) is 0 Å². The van der Waals surface area contributed by atoms with Gasteiger partial charge in [0.1, 0.15) is 18.1 Å². The van der Waals surface area contributed by atoms with Gasteiger partial charge in [0, 0.05) is 6.20 Å². The summed E-state index contributed by atoms with van der Waals surface area (Å²) in [4.78, 5) is 0. The average molecular weight is 220 g/mol. The third-order valence-electron chi connectivity index (χ3n) is 2.34. The summed E-state index contributed by atoms with van der Waals surface area (Å²) in [6.45, 7) is 3.24. The van der Waals surface area contributed by atoms with Crippen LogP contribution in [0.3, 0.4) is 0 Å². The maximum Gasteiger partial charge on any atom is 0.125 e. The van der Waals surface area contributed by atoms with Gasteiger partial charge in [-0.2, -0.15) is 0 Å². The molecular formula is C11H16N4O. The SMILES string of the molecule is Cc1ccc(Cn2cc(CCCN)nn2)o1. The lowest BCUT2D eigenvalue weighted by Crippen LogP contribution is -2.00. The van der Waals surface area contributed by atoms with Gasteiger partial charge < -0.3 is 10.2 Å². The highest BCUT2D eigenvalue weighted by Gasteiger charge is 2.03. The molecule has 2 heterocycles. The molecule has 86 valence electrons. The molecule has 2 aromatic heterocycles. The number of aryl methyl sites for hydroxylation is 2. The van der Waals surface area contributed by atoms with Crippen LogP contribution in [0.4, 0.5) is 0 Å². The average Bonchev–Trinajstić information content (AvgIpc) is 2.86. The molecule has 0 saturated heterocycles. The zero-order valence-corrected chi connectivity index (χ0v) is 9.39. The van der Waals surface area contributed by atoms with E-state index in [9.17, 15) is 0 Å². The summed E-state index contributed by atoms with van der Waals surface area (Å²) in [6, 6.07) is 3.90. The van der Waals surface area contributed by atoms with Crippen molar-refractivity contribution in [1.82, 2.24) is 15.0 Å². The molecule has 0 unspecified atom stereocenters. The molecule has 5 nitrogen and oxygen atoms in total. The summed E-state index contributed by atoms with van der Waals surface area (Å²) in [7, 11) is 0. The minimum Gasteiger partial charge on any atom is -0.464 e. The van der Waals surface area contributed by atoms with Crippen molar-refractivity contribution in [2.75, 3.05) is 6.54 Å². The van der Waals surface area contributed by atoms with Gasteiger partial charge in [-0.3, -0.25) is 0 Å². The Morgan fingerprint density at radius 2 is 2.31 bits per heavy atom. The van der Waals surface area contributed by atoms with E-state index in [-0.39, 0.29) is 0 Å². The molecule has 5 heteroatoms. The lowest BCUT2D eigenvalue weighted by Gasteiger charge is -1.95. The van der Waals surface area contributed by atoms with Crippen LogP contribution in [0.5, 0.6) is 0 Å². The molecule has 2 rings (SSSR count). The van der Waals surface area contributed by atoms with Crippen LogP contribution in [0.15, 0.2) is 22.7 Å². The predicted molar refractivity (Wildman–Crippen MR) is 59.9 cm³/mol. The molecule has 0 amide bonds. The van der Waals surface area contributed by atoms with E-state index in [1.54, 1.807) is 4.68 Å². The molecule has 0 atom stereocenters. The largest absolute Gasteiger partial charge is 0.464 e. The molecule has 0 fully saturated rings. The summed E-state index contributed by atoms with van der Waals surface area (Å²) in [5, 5.41) is 8.11. The number of nitrogens with zero attached hydrogens (tertiary/aromatic N) is 3. The van der Waals surface area contributed by atoms with Gasteiger partial charge in [-0.15, -0.1) is 5.10 Å². The topological polar surface area (TPSA) is 69.9 Å². The van der Waals surface area contributed by atoms with Gasteiger partial charge in [0.2, 0.25) is 0 Å². The second-order valence-corrected chi connectivity index (χ2v) is 3.81. The second-order valence-electron chi connectivity index (χ2n) is 3.81. The first-order chi connectivity index (χ1) is 7.78. The lowest BCUT2D eigenvalue weighted by atomic mass is 10.2. The highest BCUT2D eigenvalue weighted by molar-refractivity contribution is 5.06. The number of hydrogen-bond acceptors (Lipinski definition) is 4. The van der Waals surface area contributed by atoms with Crippen molar-refractivity contribution in [2.24, 2.45) is 5.73 Å². The molecule has 2 aromatic rings. The van der Waals surface area contributed by atoms with E-state index in [0.29, 0.717) is 13.1 Å². The molecule has 0 saturated carbocycles. The zero-order chi connectivity index (χ0) is 11.4. The van der Waals surface area contributed by atoms with Crippen molar-refractivity contribution in [1.29, 1.82) is 0 Å². The summed E-state index contributed by atoms with van der Waals surface area (Å²) >= 11 is 0. The molecule has 2 N–H and O–H groups in total. The molecule has 0 aliphatic carbocycles. The van der Waals surface area contributed by atoms with Crippen molar-refractivity contribution in [2.45, 2.75) is 26.3 Å². The lowest BCUT2D eigenvalue weighted by molar-refractivity contribution is 0.455. The van der Waals surface area contributed by atoms with E-state index in [1.165, 1.54) is 0 Å². The first kappa shape index (κ1) is 10.9. The number of furan rings is 1. The highest BCUT2D eigenvalue weighted by atomic mass is 16.3. The van der Waals surface area contributed by atoms with E-state index < -0.39 is 0 Å². The molecule has 0 bridgehead atoms. The summed E-state index contributed by atoms with van der Waals surface area (Å²) in [5.41, 5.74) is 6.42. The van der Waals surface area contributed by atoms with Crippen LogP contribution in [-0.2, 0) is 13.0 Å². The molecule has 0 radical (unpaired) electrons. The normalized spacial score (nSPS) is 10.9. The first-order valence-electron chi connectivity index (χ1n) is 5.42. The molecule has 0 aromatic carbocycles. The zero-order valence-electron chi connectivity index (χ0n) is 9.39. The van der Waals surface area contributed by atoms with Crippen LogP contribution in [-0.4, -0.2) is 21.5 Å². The van der Waals surface area contributed by atoms with Gasteiger partial charge in [0.05, 0.1) is 5.69 Å². The Morgan fingerprint density at radius 3 is 3.00 bits per heavy atom. The van der Waals surface area contributed by atoms with Crippen molar-refractivity contribution in [3.8, 4) is 0 Å². The van der Waals surface area contributed by atoms with E-state index in [2.05, 4.69) is 10.3 Å². The van der Waals surface area contributed by atoms with Gasteiger partial charge in [-0.1, -0.05) is 5.21 Å². The van der Waals surface area contributed by atoms with Gasteiger partial charge in [-0.25, -0.2) is 4.68 Å². The number of rotatable bonds is 5. The van der Waals surface area contributed by atoms with Crippen LogP contribution in [0, 0.1) is 6.92 Å². The van der Waals surface area contributed by atoms with Gasteiger partial charge in [0.25, 0.3) is 0 Å². The van der Waals surface area contributed by atoms with Crippen molar-refractivity contribution in [3.05, 3.63) is 35.5 Å². The number of nitrogens with two attached hydrogens (primary N) is 1. The Labute approximate surface area is 94.2 Å². The minimum atomic E-state index is 0.628. The summed E-state index contributed by atoms with van der Waals surface area (Å²) in [5.74, 6) is 1.81. The van der Waals surface area contributed by atoms with Crippen LogP contribution < -0.4 is 5.73 Å². The van der Waals surface area contributed by atoms with Gasteiger partial charge in [-0.05, 0) is 38.4 Å². The fourth-order valence-electron chi connectivity index (χ4n) is 1.54. The summed E-state index contributed by atoms with van der Waals surface area (Å²) in [6.07, 6.45) is 3.76. The minimum absolute atomic E-state index is 0.628. The maximum atomic E-state index is 5.47. The molecule has 0 aliphatic heterocycles. The van der Waals surface area contributed by atoms with Crippen LogP contribution >= 0.6 is 0 Å². The maximum absolute atomic E-state index is 5.47. The first-order valence-corrected chi connectivity index (χ1v) is 5.42. The third kappa shape index (κ3) is 2.70. The fourth-order valence-corrected chi connectivity index (χ4v) is 1.54. The molecule has 16 heavy (non-hydrogen) atoms. The van der Waals surface area contributed by atoms with E-state index >= 15 is 0 Å². The van der Waals surface area contributed by atoms with E-state index in [0.717, 1.165) is 30.1 Å². The monoisotopic (exact) mass is 220 g/mol. The highest BCUT2D eigenvalue weighted by Crippen LogP contribution is 2.08. The number of hydrogen-bond donors (Lipinski definition) is 1. The third-order valence-corrected chi connectivity index (χ3v) is 2.34. The molecule has 0 aliphatic rings. The smallest absolute Gasteiger partial charge is 0.125 e. The van der Waals surface area contributed by atoms with Crippen LogP contribution in [0.1, 0.15) is 23.6 Å². The standard InChI is InChI=1S/C11H16N4O/c1-9-4-5-11(16-9)8-15-7-10(13-14-15)3-2-6-12/h4-5,7H,2-3,6,8,12H2,1H3.